The Morgan fingerprint density at radius 2 is 2.14 bits per heavy atom. The SMILES string of the molecule is O=C(NCc1ccco1)c1ccc(CSc2ncn[nH]2)cc1. The van der Waals surface area contributed by atoms with E-state index in [0.717, 1.165) is 22.2 Å². The van der Waals surface area contributed by atoms with E-state index in [9.17, 15) is 4.79 Å². The first kappa shape index (κ1) is 14.4. The number of aromatic amines is 1. The van der Waals surface area contributed by atoms with Crippen LogP contribution < -0.4 is 5.32 Å². The Morgan fingerprint density at radius 3 is 2.82 bits per heavy atom. The number of carbonyl (C=O) groups is 1. The highest BCUT2D eigenvalue weighted by Gasteiger charge is 2.06. The van der Waals surface area contributed by atoms with E-state index >= 15 is 0 Å². The largest absolute Gasteiger partial charge is 0.467 e. The zero-order valence-corrected chi connectivity index (χ0v) is 12.5. The van der Waals surface area contributed by atoms with Crippen molar-refractivity contribution in [3.63, 3.8) is 0 Å². The predicted molar refractivity (Wildman–Crippen MR) is 82.3 cm³/mol. The third-order valence-electron chi connectivity index (χ3n) is 2.99. The van der Waals surface area contributed by atoms with Gasteiger partial charge in [0.25, 0.3) is 5.91 Å². The summed E-state index contributed by atoms with van der Waals surface area (Å²) in [5.41, 5.74) is 1.74. The first-order valence-corrected chi connectivity index (χ1v) is 7.67. The molecular weight excluding hydrogens is 300 g/mol. The third kappa shape index (κ3) is 3.76. The van der Waals surface area contributed by atoms with Gasteiger partial charge in [-0.2, -0.15) is 5.10 Å². The first-order valence-electron chi connectivity index (χ1n) is 6.69. The van der Waals surface area contributed by atoms with Crippen LogP contribution in [0.5, 0.6) is 0 Å². The Labute approximate surface area is 131 Å². The monoisotopic (exact) mass is 314 g/mol. The topological polar surface area (TPSA) is 83.8 Å². The van der Waals surface area contributed by atoms with Crippen LogP contribution >= 0.6 is 11.8 Å². The molecule has 3 aromatic rings. The molecule has 1 amide bonds. The Morgan fingerprint density at radius 1 is 1.27 bits per heavy atom. The molecule has 0 bridgehead atoms. The number of thioether (sulfide) groups is 1. The Kier molecular flexibility index (Phi) is 4.55. The molecule has 1 aromatic carbocycles. The molecule has 2 N–H and O–H groups in total. The van der Waals surface area contributed by atoms with Gasteiger partial charge in [0.2, 0.25) is 0 Å². The van der Waals surface area contributed by atoms with Gasteiger partial charge in [0, 0.05) is 11.3 Å². The maximum Gasteiger partial charge on any atom is 0.251 e. The van der Waals surface area contributed by atoms with Crippen molar-refractivity contribution in [1.82, 2.24) is 20.5 Å². The zero-order valence-electron chi connectivity index (χ0n) is 11.7. The van der Waals surface area contributed by atoms with E-state index in [0.29, 0.717) is 12.1 Å². The molecule has 7 heteroatoms. The van der Waals surface area contributed by atoms with E-state index in [1.165, 1.54) is 6.33 Å². The number of nitrogens with one attached hydrogen (secondary N) is 2. The lowest BCUT2D eigenvalue weighted by Gasteiger charge is -2.05. The van der Waals surface area contributed by atoms with Gasteiger partial charge >= 0.3 is 0 Å². The number of furan rings is 1. The number of aromatic nitrogens is 3. The van der Waals surface area contributed by atoms with Gasteiger partial charge in [0.1, 0.15) is 12.1 Å². The molecule has 0 saturated heterocycles. The highest BCUT2D eigenvalue weighted by atomic mass is 32.2. The van der Waals surface area contributed by atoms with E-state index < -0.39 is 0 Å². The highest BCUT2D eigenvalue weighted by Crippen LogP contribution is 2.18. The second-order valence-corrected chi connectivity index (χ2v) is 5.50. The average Bonchev–Trinajstić information content (AvgIpc) is 3.24. The molecule has 2 heterocycles. The number of hydrogen-bond acceptors (Lipinski definition) is 5. The minimum Gasteiger partial charge on any atom is -0.467 e. The molecule has 0 radical (unpaired) electrons. The van der Waals surface area contributed by atoms with Crippen LogP contribution in [0.15, 0.2) is 58.6 Å². The molecule has 0 aliphatic rings. The Bertz CT molecular complexity index is 709. The molecule has 0 aliphatic heterocycles. The standard InChI is InChI=1S/C15H14N4O2S/c20-14(16-8-13-2-1-7-21-13)12-5-3-11(4-6-12)9-22-15-17-10-18-19-15/h1-7,10H,8-9H2,(H,16,20)(H,17,18,19). The molecule has 112 valence electrons. The summed E-state index contributed by atoms with van der Waals surface area (Å²) in [5, 5.41) is 10.2. The molecule has 0 spiro atoms. The van der Waals surface area contributed by atoms with Crippen LogP contribution in [-0.4, -0.2) is 21.1 Å². The molecule has 0 unspecified atom stereocenters. The summed E-state index contributed by atoms with van der Waals surface area (Å²) in [6.45, 7) is 0.384. The predicted octanol–water partition coefficient (Wildman–Crippen LogP) is 2.62. The van der Waals surface area contributed by atoms with Crippen molar-refractivity contribution in [2.45, 2.75) is 17.5 Å². The fourth-order valence-corrected chi connectivity index (χ4v) is 2.59. The molecule has 3 rings (SSSR count). The van der Waals surface area contributed by atoms with E-state index in [-0.39, 0.29) is 5.91 Å². The van der Waals surface area contributed by atoms with Crippen LogP contribution in [0.2, 0.25) is 0 Å². The van der Waals surface area contributed by atoms with Crippen LogP contribution in [0.25, 0.3) is 0 Å². The molecule has 0 atom stereocenters. The van der Waals surface area contributed by atoms with Gasteiger partial charge in [0.05, 0.1) is 12.8 Å². The lowest BCUT2D eigenvalue weighted by atomic mass is 10.1. The second kappa shape index (κ2) is 6.95. The maximum atomic E-state index is 12.0. The molecule has 6 nitrogen and oxygen atoms in total. The highest BCUT2D eigenvalue weighted by molar-refractivity contribution is 7.98. The molecule has 0 saturated carbocycles. The quantitative estimate of drug-likeness (QED) is 0.683. The van der Waals surface area contributed by atoms with Crippen LogP contribution in [0.1, 0.15) is 21.7 Å². The summed E-state index contributed by atoms with van der Waals surface area (Å²) in [7, 11) is 0. The zero-order chi connectivity index (χ0) is 15.2. The first-order chi connectivity index (χ1) is 10.8. The van der Waals surface area contributed by atoms with Crippen molar-refractivity contribution in [2.24, 2.45) is 0 Å². The Balaban J connectivity index is 1.53. The molecule has 0 aliphatic carbocycles. The fraction of sp³-hybridized carbons (Fsp3) is 0.133. The number of carbonyl (C=O) groups excluding carboxylic acids is 1. The smallest absolute Gasteiger partial charge is 0.251 e. The minimum absolute atomic E-state index is 0.120. The van der Waals surface area contributed by atoms with Gasteiger partial charge in [-0.15, -0.1) is 0 Å². The van der Waals surface area contributed by atoms with Crippen molar-refractivity contribution >= 4 is 17.7 Å². The summed E-state index contributed by atoms with van der Waals surface area (Å²) in [5.74, 6) is 1.38. The Hall–Kier alpha value is -2.54. The fourth-order valence-electron chi connectivity index (χ4n) is 1.85. The van der Waals surface area contributed by atoms with Crippen molar-refractivity contribution in [2.75, 3.05) is 0 Å². The summed E-state index contributed by atoms with van der Waals surface area (Å²) < 4.78 is 5.17. The van der Waals surface area contributed by atoms with Crippen molar-refractivity contribution < 1.29 is 9.21 Å². The third-order valence-corrected chi connectivity index (χ3v) is 3.94. The summed E-state index contributed by atoms with van der Waals surface area (Å²) in [4.78, 5) is 16.1. The summed E-state index contributed by atoms with van der Waals surface area (Å²) in [6.07, 6.45) is 3.07. The van der Waals surface area contributed by atoms with Gasteiger partial charge in [0.15, 0.2) is 5.16 Å². The lowest BCUT2D eigenvalue weighted by molar-refractivity contribution is 0.0948. The number of H-pyrrole nitrogens is 1. The van der Waals surface area contributed by atoms with Gasteiger partial charge in [-0.05, 0) is 29.8 Å². The minimum atomic E-state index is -0.120. The average molecular weight is 314 g/mol. The van der Waals surface area contributed by atoms with Crippen molar-refractivity contribution in [1.29, 1.82) is 0 Å². The summed E-state index contributed by atoms with van der Waals surface area (Å²) >= 11 is 1.56. The summed E-state index contributed by atoms with van der Waals surface area (Å²) in [6, 6.07) is 11.1. The van der Waals surface area contributed by atoms with Crippen LogP contribution in [-0.2, 0) is 12.3 Å². The van der Waals surface area contributed by atoms with Crippen LogP contribution in [0.3, 0.4) is 0 Å². The van der Waals surface area contributed by atoms with Crippen LogP contribution in [0, 0.1) is 0 Å². The van der Waals surface area contributed by atoms with Crippen molar-refractivity contribution in [3.05, 3.63) is 65.9 Å². The normalized spacial score (nSPS) is 10.5. The number of hydrogen-bond donors (Lipinski definition) is 2. The number of nitrogens with zero attached hydrogens (tertiary/aromatic N) is 2. The number of benzene rings is 1. The lowest BCUT2D eigenvalue weighted by Crippen LogP contribution is -2.22. The molecule has 0 fully saturated rings. The number of amides is 1. The van der Waals surface area contributed by atoms with Gasteiger partial charge < -0.3 is 9.73 Å². The van der Waals surface area contributed by atoms with E-state index in [1.807, 2.05) is 30.3 Å². The van der Waals surface area contributed by atoms with E-state index in [1.54, 1.807) is 24.1 Å². The van der Waals surface area contributed by atoms with Crippen molar-refractivity contribution in [3.8, 4) is 0 Å². The maximum absolute atomic E-state index is 12.0. The number of rotatable bonds is 6. The molecule has 2 aromatic heterocycles. The second-order valence-electron chi connectivity index (χ2n) is 4.54. The molecule has 22 heavy (non-hydrogen) atoms. The van der Waals surface area contributed by atoms with Crippen LogP contribution in [0.4, 0.5) is 0 Å². The van der Waals surface area contributed by atoms with Gasteiger partial charge in [-0.3, -0.25) is 9.89 Å². The molecular formula is C15H14N4O2S. The van der Waals surface area contributed by atoms with E-state index in [2.05, 4.69) is 20.5 Å². The van der Waals surface area contributed by atoms with Gasteiger partial charge in [-0.25, -0.2) is 4.98 Å². The van der Waals surface area contributed by atoms with Gasteiger partial charge in [-0.1, -0.05) is 23.9 Å². The van der Waals surface area contributed by atoms with E-state index in [4.69, 9.17) is 4.42 Å².